The van der Waals surface area contributed by atoms with Gasteiger partial charge in [0.25, 0.3) is 0 Å². The molecule has 0 radical (unpaired) electrons. The van der Waals surface area contributed by atoms with Crippen LogP contribution in [0.2, 0.25) is 0 Å². The van der Waals surface area contributed by atoms with Crippen LogP contribution in [-0.4, -0.2) is 45.2 Å². The second-order valence-electron chi connectivity index (χ2n) is 13.6. The average molecular weight is 605 g/mol. The summed E-state index contributed by atoms with van der Waals surface area (Å²) in [7, 11) is 0. The molecule has 2 saturated heterocycles. The molecule has 2 bridgehead atoms. The lowest BCUT2D eigenvalue weighted by Gasteiger charge is -2.39. The molecule has 1 aromatic heterocycles. The molecule has 0 aliphatic carbocycles. The van der Waals surface area contributed by atoms with Gasteiger partial charge in [-0.05, 0) is 86.9 Å². The third-order valence-electron chi connectivity index (χ3n) is 9.04. The molecule has 2 atom stereocenters. The van der Waals surface area contributed by atoms with Gasteiger partial charge in [0, 0.05) is 34.9 Å². The van der Waals surface area contributed by atoms with Crippen molar-refractivity contribution in [1.82, 2.24) is 14.7 Å². The molecule has 2 aliphatic heterocycles. The number of carbonyl (C=O) groups is 2. The standard InChI is InChI=1S/C37H44N6O2/c1-25-13-15-30(16-14-25)43-34(23-33(41-43)37(2,3)4)40-36(45)39-29-12-8-9-26(20-29)19-27-21-31-17-18-32(22-27)42(31)35(44)24-38-28-10-6-5-7-11-28/h5-16,20,23,27,31-32,38H,17-19,21-22,24H2,1-4H3,(H2,39,40,45). The molecular weight excluding hydrogens is 560 g/mol. The van der Waals surface area contributed by atoms with Crippen LogP contribution in [-0.2, 0) is 16.6 Å². The van der Waals surface area contributed by atoms with E-state index in [0.717, 1.165) is 60.4 Å². The third kappa shape index (κ3) is 7.22. The minimum Gasteiger partial charge on any atom is -0.376 e. The molecule has 234 valence electrons. The smallest absolute Gasteiger partial charge is 0.324 e. The molecule has 3 N–H and O–H groups in total. The fourth-order valence-corrected chi connectivity index (χ4v) is 6.80. The van der Waals surface area contributed by atoms with Crippen molar-refractivity contribution in [1.29, 1.82) is 0 Å². The van der Waals surface area contributed by atoms with Crippen molar-refractivity contribution < 1.29 is 9.59 Å². The van der Waals surface area contributed by atoms with Crippen molar-refractivity contribution >= 4 is 29.1 Å². The van der Waals surface area contributed by atoms with Crippen LogP contribution in [0.1, 0.15) is 63.3 Å². The fourth-order valence-electron chi connectivity index (χ4n) is 6.80. The van der Waals surface area contributed by atoms with Crippen LogP contribution in [0.25, 0.3) is 5.69 Å². The van der Waals surface area contributed by atoms with Crippen LogP contribution < -0.4 is 16.0 Å². The first-order chi connectivity index (χ1) is 21.6. The number of hydrogen-bond acceptors (Lipinski definition) is 4. The predicted molar refractivity (Wildman–Crippen MR) is 181 cm³/mol. The zero-order valence-electron chi connectivity index (χ0n) is 26.7. The number of urea groups is 1. The highest BCUT2D eigenvalue weighted by Gasteiger charge is 2.42. The van der Waals surface area contributed by atoms with Gasteiger partial charge in [0.1, 0.15) is 5.82 Å². The lowest BCUT2D eigenvalue weighted by atomic mass is 9.85. The summed E-state index contributed by atoms with van der Waals surface area (Å²) < 4.78 is 1.79. The van der Waals surface area contributed by atoms with Gasteiger partial charge >= 0.3 is 6.03 Å². The van der Waals surface area contributed by atoms with Gasteiger partial charge in [0.05, 0.1) is 17.9 Å². The average Bonchev–Trinajstić information content (AvgIpc) is 3.55. The van der Waals surface area contributed by atoms with E-state index in [1.807, 2.05) is 79.7 Å². The van der Waals surface area contributed by atoms with E-state index in [-0.39, 0.29) is 17.4 Å². The topological polar surface area (TPSA) is 91.3 Å². The number of carbonyl (C=O) groups excluding carboxylic acids is 2. The molecule has 2 aliphatic rings. The van der Waals surface area contributed by atoms with Crippen LogP contribution in [0, 0.1) is 12.8 Å². The molecule has 0 spiro atoms. The van der Waals surface area contributed by atoms with Crippen LogP contribution in [0.4, 0.5) is 22.0 Å². The van der Waals surface area contributed by atoms with Gasteiger partial charge in [-0.1, -0.05) is 68.8 Å². The summed E-state index contributed by atoms with van der Waals surface area (Å²) in [5.74, 6) is 1.32. The van der Waals surface area contributed by atoms with Crippen LogP contribution >= 0.6 is 0 Å². The fraction of sp³-hybridized carbons (Fsp3) is 0.378. The van der Waals surface area contributed by atoms with Gasteiger partial charge in [0.15, 0.2) is 0 Å². The number of hydrogen-bond donors (Lipinski definition) is 3. The molecule has 2 fully saturated rings. The van der Waals surface area contributed by atoms with Crippen molar-refractivity contribution in [2.45, 2.75) is 77.3 Å². The number of benzene rings is 3. The van der Waals surface area contributed by atoms with Crippen LogP contribution in [0.15, 0.2) is 84.9 Å². The number of aryl methyl sites for hydroxylation is 1. The maximum absolute atomic E-state index is 13.2. The van der Waals surface area contributed by atoms with Gasteiger partial charge in [-0.15, -0.1) is 0 Å². The Kier molecular flexibility index (Phi) is 8.65. The highest BCUT2D eigenvalue weighted by atomic mass is 16.2. The molecule has 0 saturated carbocycles. The first-order valence-corrected chi connectivity index (χ1v) is 16.1. The monoisotopic (exact) mass is 604 g/mol. The predicted octanol–water partition coefficient (Wildman–Crippen LogP) is 7.55. The number of fused-ring (bicyclic) bond motifs is 2. The van der Waals surface area contributed by atoms with Crippen LogP contribution in [0.5, 0.6) is 0 Å². The van der Waals surface area contributed by atoms with E-state index in [2.05, 4.69) is 53.8 Å². The normalized spacial score (nSPS) is 19.3. The molecule has 4 aromatic rings. The molecule has 2 unspecified atom stereocenters. The minimum atomic E-state index is -0.310. The summed E-state index contributed by atoms with van der Waals surface area (Å²) in [6.45, 7) is 8.72. The molecule has 45 heavy (non-hydrogen) atoms. The zero-order valence-corrected chi connectivity index (χ0v) is 26.7. The van der Waals surface area contributed by atoms with Crippen molar-refractivity contribution in [2.24, 2.45) is 5.92 Å². The Hall–Kier alpha value is -4.59. The Balaban J connectivity index is 1.07. The van der Waals surface area contributed by atoms with Gasteiger partial charge < -0.3 is 15.5 Å². The van der Waals surface area contributed by atoms with Crippen molar-refractivity contribution in [3.8, 4) is 5.69 Å². The molecule has 8 heteroatoms. The quantitative estimate of drug-likeness (QED) is 0.194. The summed E-state index contributed by atoms with van der Waals surface area (Å²) in [6, 6.07) is 28.4. The third-order valence-corrected chi connectivity index (χ3v) is 9.04. The SMILES string of the molecule is Cc1ccc(-n2nc(C(C)(C)C)cc2NC(=O)Nc2cccc(CC3CC4CCC(C3)N4C(=O)CNc3ccccc3)c2)cc1. The molecule has 3 amide bonds. The molecule has 3 aromatic carbocycles. The Bertz CT molecular complexity index is 1630. The van der Waals surface area contributed by atoms with Gasteiger partial charge in [-0.25, -0.2) is 9.48 Å². The summed E-state index contributed by atoms with van der Waals surface area (Å²) >= 11 is 0. The maximum Gasteiger partial charge on any atom is 0.324 e. The summed E-state index contributed by atoms with van der Waals surface area (Å²) in [5.41, 5.74) is 5.71. The minimum absolute atomic E-state index is 0.168. The van der Waals surface area contributed by atoms with Crippen molar-refractivity contribution in [3.05, 3.63) is 102 Å². The number of nitrogens with zero attached hydrogens (tertiary/aromatic N) is 3. The number of rotatable bonds is 8. The molecule has 3 heterocycles. The Morgan fingerprint density at radius 1 is 0.844 bits per heavy atom. The van der Waals surface area contributed by atoms with Gasteiger partial charge in [0.2, 0.25) is 5.91 Å². The number of anilines is 3. The van der Waals surface area contributed by atoms with E-state index in [1.165, 1.54) is 5.56 Å². The van der Waals surface area contributed by atoms with Gasteiger partial charge in [-0.2, -0.15) is 5.10 Å². The number of nitrogens with one attached hydrogen (secondary N) is 3. The molecule has 8 nitrogen and oxygen atoms in total. The lowest BCUT2D eigenvalue weighted by Crippen LogP contribution is -2.48. The van der Waals surface area contributed by atoms with E-state index in [0.29, 0.717) is 30.4 Å². The van der Waals surface area contributed by atoms with E-state index in [9.17, 15) is 9.59 Å². The largest absolute Gasteiger partial charge is 0.376 e. The summed E-state index contributed by atoms with van der Waals surface area (Å²) in [5, 5.41) is 14.2. The number of piperidine rings is 1. The van der Waals surface area contributed by atoms with E-state index < -0.39 is 0 Å². The first kappa shape index (κ1) is 30.4. The first-order valence-electron chi connectivity index (χ1n) is 16.1. The molecular formula is C37H44N6O2. The second kappa shape index (κ2) is 12.8. The summed E-state index contributed by atoms with van der Waals surface area (Å²) in [6.07, 6.45) is 5.13. The highest BCUT2D eigenvalue weighted by Crippen LogP contribution is 2.40. The Morgan fingerprint density at radius 2 is 1.53 bits per heavy atom. The lowest BCUT2D eigenvalue weighted by molar-refractivity contribution is -0.134. The maximum atomic E-state index is 13.2. The van der Waals surface area contributed by atoms with Gasteiger partial charge in [-0.3, -0.25) is 10.1 Å². The van der Waals surface area contributed by atoms with E-state index in [1.54, 1.807) is 4.68 Å². The van der Waals surface area contributed by atoms with Crippen molar-refractivity contribution in [2.75, 3.05) is 22.5 Å². The Morgan fingerprint density at radius 3 is 2.22 bits per heavy atom. The summed E-state index contributed by atoms with van der Waals surface area (Å²) in [4.78, 5) is 28.5. The van der Waals surface area contributed by atoms with E-state index in [4.69, 9.17) is 5.10 Å². The van der Waals surface area contributed by atoms with Crippen molar-refractivity contribution in [3.63, 3.8) is 0 Å². The zero-order chi connectivity index (χ0) is 31.6. The number of aromatic nitrogens is 2. The van der Waals surface area contributed by atoms with Crippen LogP contribution in [0.3, 0.4) is 0 Å². The number of amides is 3. The Labute approximate surface area is 266 Å². The van der Waals surface area contributed by atoms with E-state index >= 15 is 0 Å². The second-order valence-corrected chi connectivity index (χ2v) is 13.6. The highest BCUT2D eigenvalue weighted by molar-refractivity contribution is 5.99. The number of para-hydroxylation sites is 1. The molecule has 6 rings (SSSR count).